The summed E-state index contributed by atoms with van der Waals surface area (Å²) in [6.07, 6.45) is 6.98. The number of anilines is 2. The second-order valence-corrected chi connectivity index (χ2v) is 5.93. The third-order valence-electron chi connectivity index (χ3n) is 4.22. The first kappa shape index (κ1) is 18.4. The van der Waals surface area contributed by atoms with E-state index in [0.29, 0.717) is 0 Å². The lowest BCUT2D eigenvalue weighted by atomic mass is 9.95. The van der Waals surface area contributed by atoms with Crippen LogP contribution in [0.3, 0.4) is 0 Å². The van der Waals surface area contributed by atoms with Gasteiger partial charge in [-0.05, 0) is 12.8 Å². The Bertz CT molecular complexity index is 656. The molecule has 1 aliphatic carbocycles. The Balaban J connectivity index is 2.31. The molecule has 1 heterocycles. The highest BCUT2D eigenvalue weighted by Crippen LogP contribution is 2.33. The van der Waals surface area contributed by atoms with Crippen molar-refractivity contribution in [3.8, 4) is 12.1 Å². The van der Waals surface area contributed by atoms with Gasteiger partial charge in [0.15, 0.2) is 0 Å². The molecule has 9 nitrogen and oxygen atoms in total. The quantitative estimate of drug-likeness (QED) is 0.563. The van der Waals surface area contributed by atoms with E-state index in [1.54, 1.807) is 4.90 Å². The summed E-state index contributed by atoms with van der Waals surface area (Å²) >= 11 is 0. The Labute approximate surface area is 146 Å². The van der Waals surface area contributed by atoms with Gasteiger partial charge in [0, 0.05) is 19.1 Å². The summed E-state index contributed by atoms with van der Waals surface area (Å²) in [5.74, 6) is 0.365. The van der Waals surface area contributed by atoms with E-state index in [2.05, 4.69) is 15.3 Å². The molecule has 9 heteroatoms. The molecule has 0 saturated heterocycles. The van der Waals surface area contributed by atoms with E-state index < -0.39 is 4.92 Å². The summed E-state index contributed by atoms with van der Waals surface area (Å²) in [6, 6.07) is 4.21. The van der Waals surface area contributed by atoms with Gasteiger partial charge in [-0.3, -0.25) is 10.1 Å². The lowest BCUT2D eigenvalue weighted by molar-refractivity contribution is -0.383. The van der Waals surface area contributed by atoms with Crippen LogP contribution in [0.15, 0.2) is 6.33 Å². The van der Waals surface area contributed by atoms with Gasteiger partial charge in [-0.2, -0.15) is 10.5 Å². The van der Waals surface area contributed by atoms with Crippen LogP contribution in [-0.2, 0) is 0 Å². The number of hydrogen-bond acceptors (Lipinski definition) is 8. The van der Waals surface area contributed by atoms with Crippen LogP contribution in [0.5, 0.6) is 0 Å². The highest BCUT2D eigenvalue weighted by atomic mass is 16.6. The van der Waals surface area contributed by atoms with E-state index >= 15 is 0 Å². The number of nitriles is 2. The van der Waals surface area contributed by atoms with Gasteiger partial charge in [0.2, 0.25) is 11.6 Å². The fourth-order valence-corrected chi connectivity index (χ4v) is 3.01. The summed E-state index contributed by atoms with van der Waals surface area (Å²) < 4.78 is 0. The van der Waals surface area contributed by atoms with Crippen LogP contribution in [0.25, 0.3) is 0 Å². The van der Waals surface area contributed by atoms with Crippen molar-refractivity contribution in [2.45, 2.75) is 51.0 Å². The zero-order valence-electron chi connectivity index (χ0n) is 14.0. The van der Waals surface area contributed by atoms with E-state index in [4.69, 9.17) is 10.5 Å². The van der Waals surface area contributed by atoms with Gasteiger partial charge >= 0.3 is 5.69 Å². The molecule has 0 radical (unpaired) electrons. The first-order chi connectivity index (χ1) is 12.2. The second-order valence-electron chi connectivity index (χ2n) is 5.93. The molecule has 0 aliphatic heterocycles. The molecule has 0 atom stereocenters. The SMILES string of the molecule is N#CCCN(CCC#N)c1ncnc(NC2CCCCC2)c1[N+](=O)[O-]. The van der Waals surface area contributed by atoms with Gasteiger partial charge in [-0.15, -0.1) is 0 Å². The maximum absolute atomic E-state index is 11.7. The third-order valence-corrected chi connectivity index (χ3v) is 4.22. The molecule has 1 aromatic rings. The zero-order valence-corrected chi connectivity index (χ0v) is 14.0. The zero-order chi connectivity index (χ0) is 18.1. The van der Waals surface area contributed by atoms with Crippen LogP contribution in [0.1, 0.15) is 44.9 Å². The number of nitrogens with zero attached hydrogens (tertiary/aromatic N) is 6. The molecule has 2 rings (SSSR count). The molecular weight excluding hydrogens is 322 g/mol. The number of rotatable bonds is 8. The van der Waals surface area contributed by atoms with Gasteiger partial charge in [-0.1, -0.05) is 19.3 Å². The normalized spacial score (nSPS) is 14.3. The largest absolute Gasteiger partial charge is 0.361 e. The third kappa shape index (κ3) is 5.01. The van der Waals surface area contributed by atoms with Crippen LogP contribution >= 0.6 is 0 Å². The van der Waals surface area contributed by atoms with Crippen LogP contribution in [0.2, 0.25) is 0 Å². The molecule has 0 unspecified atom stereocenters. The van der Waals surface area contributed by atoms with Gasteiger partial charge in [-0.25, -0.2) is 9.97 Å². The van der Waals surface area contributed by atoms with Gasteiger partial charge < -0.3 is 10.2 Å². The van der Waals surface area contributed by atoms with E-state index in [9.17, 15) is 10.1 Å². The highest BCUT2D eigenvalue weighted by Gasteiger charge is 2.28. The van der Waals surface area contributed by atoms with Crippen molar-refractivity contribution in [3.05, 3.63) is 16.4 Å². The Hall–Kier alpha value is -2.94. The highest BCUT2D eigenvalue weighted by molar-refractivity contribution is 5.70. The van der Waals surface area contributed by atoms with Gasteiger partial charge in [0.05, 0.1) is 29.9 Å². The summed E-state index contributed by atoms with van der Waals surface area (Å²) in [4.78, 5) is 20.9. The molecule has 0 amide bonds. The van der Waals surface area contributed by atoms with Crippen molar-refractivity contribution in [3.63, 3.8) is 0 Å². The molecule has 1 fully saturated rings. The van der Waals surface area contributed by atoms with Crippen LogP contribution in [-0.4, -0.2) is 34.0 Å². The summed E-state index contributed by atoms with van der Waals surface area (Å²) in [7, 11) is 0. The minimum atomic E-state index is -0.494. The van der Waals surface area contributed by atoms with E-state index in [1.807, 2.05) is 12.1 Å². The molecule has 1 aliphatic rings. The molecule has 25 heavy (non-hydrogen) atoms. The average Bonchev–Trinajstić information content (AvgIpc) is 2.62. The Morgan fingerprint density at radius 3 is 2.40 bits per heavy atom. The fourth-order valence-electron chi connectivity index (χ4n) is 3.01. The predicted molar refractivity (Wildman–Crippen MR) is 91.9 cm³/mol. The topological polar surface area (TPSA) is 132 Å². The summed E-state index contributed by atoms with van der Waals surface area (Å²) in [5.41, 5.74) is -0.191. The van der Waals surface area contributed by atoms with Crippen LogP contribution < -0.4 is 10.2 Å². The maximum atomic E-state index is 11.7. The Kier molecular flexibility index (Phi) is 6.90. The standard InChI is InChI=1S/C16H21N7O2/c17-8-4-10-22(11-5-9-18)16-14(23(24)25)15(19-12-20-16)21-13-6-2-1-3-7-13/h12-13H,1-7,10-11H2,(H,19,20,21). The number of nitrogens with one attached hydrogen (secondary N) is 1. The molecule has 0 aromatic carbocycles. The van der Waals surface area contributed by atoms with Crippen molar-refractivity contribution < 1.29 is 4.92 Å². The van der Waals surface area contributed by atoms with E-state index in [0.717, 1.165) is 25.7 Å². The number of aromatic nitrogens is 2. The minimum absolute atomic E-state index is 0.156. The lowest BCUT2D eigenvalue weighted by Crippen LogP contribution is -2.28. The molecule has 0 bridgehead atoms. The van der Waals surface area contributed by atoms with Gasteiger partial charge in [0.1, 0.15) is 6.33 Å². The summed E-state index contributed by atoms with van der Waals surface area (Å²) in [5, 5.41) is 32.5. The molecular formula is C16H21N7O2. The molecule has 1 N–H and O–H groups in total. The minimum Gasteiger partial charge on any atom is -0.361 e. The van der Waals surface area contributed by atoms with Crippen molar-refractivity contribution in [2.75, 3.05) is 23.3 Å². The van der Waals surface area contributed by atoms with E-state index in [1.165, 1.54) is 12.7 Å². The predicted octanol–water partition coefficient (Wildman–Crippen LogP) is 2.76. The average molecular weight is 343 g/mol. The van der Waals surface area contributed by atoms with Crippen molar-refractivity contribution in [1.82, 2.24) is 9.97 Å². The van der Waals surface area contributed by atoms with Gasteiger partial charge in [0.25, 0.3) is 0 Å². The van der Waals surface area contributed by atoms with Crippen molar-refractivity contribution >= 4 is 17.3 Å². The number of nitro groups is 1. The Morgan fingerprint density at radius 2 is 1.84 bits per heavy atom. The first-order valence-corrected chi connectivity index (χ1v) is 8.42. The number of hydrogen-bond donors (Lipinski definition) is 1. The molecule has 1 aromatic heterocycles. The Morgan fingerprint density at radius 1 is 1.20 bits per heavy atom. The first-order valence-electron chi connectivity index (χ1n) is 8.42. The van der Waals surface area contributed by atoms with Crippen molar-refractivity contribution in [2.24, 2.45) is 0 Å². The smallest absolute Gasteiger partial charge is 0.353 e. The lowest BCUT2D eigenvalue weighted by Gasteiger charge is -2.25. The van der Waals surface area contributed by atoms with Crippen molar-refractivity contribution in [1.29, 1.82) is 10.5 Å². The fraction of sp³-hybridized carbons (Fsp3) is 0.625. The van der Waals surface area contributed by atoms with Crippen LogP contribution in [0.4, 0.5) is 17.3 Å². The maximum Gasteiger partial charge on any atom is 0.353 e. The second kappa shape index (κ2) is 9.38. The molecule has 0 spiro atoms. The monoisotopic (exact) mass is 343 g/mol. The molecule has 132 valence electrons. The molecule has 1 saturated carbocycles. The summed E-state index contributed by atoms with van der Waals surface area (Å²) in [6.45, 7) is 0.553. The van der Waals surface area contributed by atoms with Crippen LogP contribution in [0, 0.1) is 32.8 Å². The van der Waals surface area contributed by atoms with E-state index in [-0.39, 0.29) is 49.3 Å².